The molecule has 1 aromatic rings. The average Bonchev–Trinajstić information content (AvgIpc) is 2.15. The van der Waals surface area contributed by atoms with Crippen LogP contribution in [0.5, 0.6) is 0 Å². The molecule has 0 unspecified atom stereocenters. The molecule has 0 spiro atoms. The fourth-order valence-electron chi connectivity index (χ4n) is 0.992. The summed E-state index contributed by atoms with van der Waals surface area (Å²) in [5, 5.41) is 8.67. The van der Waals surface area contributed by atoms with Gasteiger partial charge in [0.15, 0.2) is 5.78 Å². The van der Waals surface area contributed by atoms with Gasteiger partial charge >= 0.3 is 0 Å². The Morgan fingerprint density at radius 2 is 2.29 bits per heavy atom. The van der Waals surface area contributed by atoms with E-state index in [1.165, 1.54) is 0 Å². The van der Waals surface area contributed by atoms with Gasteiger partial charge in [-0.15, -0.1) is 11.8 Å². The van der Waals surface area contributed by atoms with E-state index in [9.17, 15) is 4.79 Å². The molecule has 14 heavy (non-hydrogen) atoms. The van der Waals surface area contributed by atoms with Crippen LogP contribution in [0.15, 0.2) is 27.6 Å². The van der Waals surface area contributed by atoms with E-state index in [0.717, 1.165) is 9.37 Å². The first-order valence-electron chi connectivity index (χ1n) is 4.19. The molecule has 1 aromatic carbocycles. The molecule has 1 rings (SSSR count). The highest BCUT2D eigenvalue weighted by Crippen LogP contribution is 2.28. The minimum Gasteiger partial charge on any atom is -0.396 e. The summed E-state index contributed by atoms with van der Waals surface area (Å²) in [7, 11) is 0. The van der Waals surface area contributed by atoms with Crippen LogP contribution in [0.25, 0.3) is 0 Å². The summed E-state index contributed by atoms with van der Waals surface area (Å²) >= 11 is 4.95. The number of thioether (sulfide) groups is 1. The third-order valence-electron chi connectivity index (χ3n) is 1.69. The van der Waals surface area contributed by atoms with Crippen LogP contribution < -0.4 is 0 Å². The third-order valence-corrected chi connectivity index (χ3v) is 3.66. The number of ketones is 1. The molecule has 4 heteroatoms. The number of aliphatic hydroxyl groups is 1. The van der Waals surface area contributed by atoms with E-state index in [0.29, 0.717) is 11.3 Å². The molecule has 1 N–H and O–H groups in total. The van der Waals surface area contributed by atoms with Gasteiger partial charge in [-0.1, -0.05) is 6.07 Å². The smallest absolute Gasteiger partial charge is 0.159 e. The first-order chi connectivity index (χ1) is 6.65. The van der Waals surface area contributed by atoms with Crippen molar-refractivity contribution in [1.29, 1.82) is 0 Å². The molecule has 0 aliphatic rings. The molecule has 0 bridgehead atoms. The van der Waals surface area contributed by atoms with Crippen LogP contribution in [-0.4, -0.2) is 23.2 Å². The highest BCUT2D eigenvalue weighted by molar-refractivity contribution is 9.10. The first-order valence-corrected chi connectivity index (χ1v) is 5.97. The van der Waals surface area contributed by atoms with Crippen LogP contribution in [0.4, 0.5) is 0 Å². The van der Waals surface area contributed by atoms with Crippen LogP contribution in [-0.2, 0) is 0 Å². The number of halogens is 1. The van der Waals surface area contributed by atoms with Gasteiger partial charge in [-0.3, -0.25) is 4.79 Å². The summed E-state index contributed by atoms with van der Waals surface area (Å²) in [4.78, 5) is 12.1. The van der Waals surface area contributed by atoms with Crippen LogP contribution >= 0.6 is 27.7 Å². The van der Waals surface area contributed by atoms with Gasteiger partial charge < -0.3 is 5.11 Å². The molecule has 0 atom stereocenters. The first kappa shape index (κ1) is 11.8. The van der Waals surface area contributed by atoms with E-state index in [1.54, 1.807) is 24.8 Å². The second-order valence-electron chi connectivity index (χ2n) is 2.77. The van der Waals surface area contributed by atoms with Crippen molar-refractivity contribution < 1.29 is 9.90 Å². The zero-order chi connectivity index (χ0) is 10.6. The predicted octanol–water partition coefficient (Wildman–Crippen LogP) is 2.74. The molecule has 0 aliphatic carbocycles. The lowest BCUT2D eigenvalue weighted by atomic mass is 10.2. The summed E-state index contributed by atoms with van der Waals surface area (Å²) in [6.45, 7) is 1.70. The molecular formula is C10H11BrO2S. The second-order valence-corrected chi connectivity index (χ2v) is 4.76. The molecule has 76 valence electrons. The lowest BCUT2D eigenvalue weighted by Crippen LogP contribution is -1.92. The number of hydrogen-bond acceptors (Lipinski definition) is 3. The Kier molecular flexibility index (Phi) is 4.65. The number of aliphatic hydroxyl groups excluding tert-OH is 1. The maximum Gasteiger partial charge on any atom is 0.159 e. The Hall–Kier alpha value is -0.320. The van der Waals surface area contributed by atoms with Gasteiger partial charge in [0.1, 0.15) is 0 Å². The molecule has 0 heterocycles. The number of rotatable bonds is 4. The zero-order valence-corrected chi connectivity index (χ0v) is 10.2. The normalized spacial score (nSPS) is 10.2. The SMILES string of the molecule is CC(=O)c1ccc(SCCO)c(Br)c1. The number of Topliss-reactive ketones (excluding diaryl/α,β-unsaturated/α-hetero) is 1. The van der Waals surface area contributed by atoms with Gasteiger partial charge in [-0.25, -0.2) is 0 Å². The van der Waals surface area contributed by atoms with Crippen LogP contribution in [0.2, 0.25) is 0 Å². The monoisotopic (exact) mass is 274 g/mol. The molecule has 0 saturated carbocycles. The van der Waals surface area contributed by atoms with Gasteiger partial charge in [-0.2, -0.15) is 0 Å². The molecular weight excluding hydrogens is 264 g/mol. The third kappa shape index (κ3) is 3.12. The standard InChI is InChI=1S/C10H11BrO2S/c1-7(13)8-2-3-10(9(11)6-8)14-5-4-12/h2-3,6,12H,4-5H2,1H3. The zero-order valence-electron chi connectivity index (χ0n) is 7.79. The Balaban J connectivity index is 2.84. The number of carbonyl (C=O) groups is 1. The Morgan fingerprint density at radius 1 is 1.57 bits per heavy atom. The van der Waals surface area contributed by atoms with Crippen molar-refractivity contribution in [2.75, 3.05) is 12.4 Å². The van der Waals surface area contributed by atoms with Crippen molar-refractivity contribution in [1.82, 2.24) is 0 Å². The molecule has 0 fully saturated rings. The minimum atomic E-state index is 0.0596. The van der Waals surface area contributed by atoms with E-state index < -0.39 is 0 Å². The van der Waals surface area contributed by atoms with Crippen LogP contribution in [0, 0.1) is 0 Å². The molecule has 0 saturated heterocycles. The largest absolute Gasteiger partial charge is 0.396 e. The van der Waals surface area contributed by atoms with Gasteiger partial charge in [-0.05, 0) is 35.0 Å². The number of carbonyl (C=O) groups excluding carboxylic acids is 1. The fourth-order valence-corrected chi connectivity index (χ4v) is 2.39. The van der Waals surface area contributed by atoms with Crippen molar-refractivity contribution in [2.24, 2.45) is 0 Å². The summed E-state index contributed by atoms with van der Waals surface area (Å²) in [6, 6.07) is 5.50. The Bertz CT molecular complexity index is 339. The van der Waals surface area contributed by atoms with Crippen LogP contribution in [0.1, 0.15) is 17.3 Å². The summed E-state index contributed by atoms with van der Waals surface area (Å²) < 4.78 is 0.906. The molecule has 0 aliphatic heterocycles. The predicted molar refractivity (Wildman–Crippen MR) is 62.0 cm³/mol. The van der Waals surface area contributed by atoms with Crippen molar-refractivity contribution >= 4 is 33.5 Å². The fraction of sp³-hybridized carbons (Fsp3) is 0.300. The van der Waals surface area contributed by atoms with Crippen molar-refractivity contribution in [3.05, 3.63) is 28.2 Å². The Morgan fingerprint density at radius 3 is 2.79 bits per heavy atom. The van der Waals surface area contributed by atoms with Gasteiger partial charge in [0, 0.05) is 20.7 Å². The van der Waals surface area contributed by atoms with Crippen LogP contribution in [0.3, 0.4) is 0 Å². The van der Waals surface area contributed by atoms with Crippen molar-refractivity contribution in [2.45, 2.75) is 11.8 Å². The summed E-state index contributed by atoms with van der Waals surface area (Å²) in [5.41, 5.74) is 0.699. The van der Waals surface area contributed by atoms with E-state index in [2.05, 4.69) is 15.9 Å². The highest BCUT2D eigenvalue weighted by Gasteiger charge is 2.04. The Labute approximate surface area is 95.8 Å². The lowest BCUT2D eigenvalue weighted by molar-refractivity contribution is 0.101. The van der Waals surface area contributed by atoms with Crippen molar-refractivity contribution in [3.8, 4) is 0 Å². The lowest BCUT2D eigenvalue weighted by Gasteiger charge is -2.04. The van der Waals surface area contributed by atoms with E-state index in [1.807, 2.05) is 12.1 Å². The highest BCUT2D eigenvalue weighted by atomic mass is 79.9. The van der Waals surface area contributed by atoms with Crippen molar-refractivity contribution in [3.63, 3.8) is 0 Å². The average molecular weight is 275 g/mol. The van der Waals surface area contributed by atoms with E-state index in [-0.39, 0.29) is 12.4 Å². The molecule has 0 radical (unpaired) electrons. The number of hydrogen-bond donors (Lipinski definition) is 1. The minimum absolute atomic E-state index is 0.0596. The molecule has 2 nitrogen and oxygen atoms in total. The maximum atomic E-state index is 11.1. The van der Waals surface area contributed by atoms with E-state index in [4.69, 9.17) is 5.11 Å². The van der Waals surface area contributed by atoms with Gasteiger partial charge in [0.25, 0.3) is 0 Å². The molecule has 0 aromatic heterocycles. The van der Waals surface area contributed by atoms with Gasteiger partial charge in [0.05, 0.1) is 6.61 Å². The van der Waals surface area contributed by atoms with Gasteiger partial charge in [0.2, 0.25) is 0 Å². The second kappa shape index (κ2) is 5.53. The summed E-state index contributed by atoms with van der Waals surface area (Å²) in [6.07, 6.45) is 0. The summed E-state index contributed by atoms with van der Waals surface area (Å²) in [5.74, 6) is 0.724. The topological polar surface area (TPSA) is 37.3 Å². The maximum absolute atomic E-state index is 11.1. The van der Waals surface area contributed by atoms with E-state index >= 15 is 0 Å². The molecule has 0 amide bonds. The quantitative estimate of drug-likeness (QED) is 0.678. The number of benzene rings is 1.